The Balaban J connectivity index is 1.33. The van der Waals surface area contributed by atoms with Gasteiger partial charge in [0, 0.05) is 27.1 Å². The lowest BCUT2D eigenvalue weighted by molar-refractivity contribution is -0.137. The number of hydrogen-bond donors (Lipinski definition) is 0. The van der Waals surface area contributed by atoms with Crippen molar-refractivity contribution in [3.05, 3.63) is 192 Å². The van der Waals surface area contributed by atoms with Gasteiger partial charge >= 0.3 is 6.18 Å². The van der Waals surface area contributed by atoms with E-state index in [0.29, 0.717) is 33.6 Å². The quantitative estimate of drug-likeness (QED) is 0.172. The average Bonchev–Trinajstić information content (AvgIpc) is 3.74. The zero-order valence-electron chi connectivity index (χ0n) is 32.6. The number of rotatable bonds is 5. The highest BCUT2D eigenvalue weighted by molar-refractivity contribution is 6.12. The number of benzene rings is 8. The summed E-state index contributed by atoms with van der Waals surface area (Å²) in [6.07, 6.45) is -4.56. The molecule has 0 fully saturated rings. The van der Waals surface area contributed by atoms with Crippen molar-refractivity contribution in [2.24, 2.45) is 0 Å². The molecule has 0 spiro atoms. The molecule has 0 saturated heterocycles. The molecule has 3 nitrogen and oxygen atoms in total. The van der Waals surface area contributed by atoms with Crippen molar-refractivity contribution in [2.75, 3.05) is 0 Å². The van der Waals surface area contributed by atoms with Crippen LogP contribution in [0.4, 0.5) is 13.2 Å². The minimum Gasteiger partial charge on any atom is -0.309 e. The molecule has 284 valence electrons. The number of nitrogens with zero attached hydrogens (tertiary/aromatic N) is 3. The van der Waals surface area contributed by atoms with E-state index in [2.05, 4.69) is 114 Å². The van der Waals surface area contributed by atoms with E-state index < -0.39 is 11.7 Å². The van der Waals surface area contributed by atoms with Crippen molar-refractivity contribution in [3.63, 3.8) is 0 Å². The number of aryl methyl sites for hydroxylation is 3. The molecular weight excluding hydrogens is 736 g/mol. The van der Waals surface area contributed by atoms with Crippen LogP contribution in [0.5, 0.6) is 0 Å². The molecule has 2 aromatic heterocycles. The van der Waals surface area contributed by atoms with Crippen molar-refractivity contribution in [1.82, 2.24) is 9.13 Å². The normalized spacial score (nSPS) is 11.9. The third-order valence-electron chi connectivity index (χ3n) is 11.5. The summed E-state index contributed by atoms with van der Waals surface area (Å²) in [6, 6.07) is 56.1. The van der Waals surface area contributed by atoms with Crippen LogP contribution in [0.2, 0.25) is 0 Å². The molecule has 0 amide bonds. The fraction of sp³-hybridized carbons (Fsp3) is 0.0755. The summed E-state index contributed by atoms with van der Waals surface area (Å²) < 4.78 is 48.0. The molecular formula is C53H36F3N3. The van der Waals surface area contributed by atoms with E-state index in [1.54, 1.807) is 13.0 Å². The largest absolute Gasteiger partial charge is 0.416 e. The standard InChI is InChI=1S/C53H36F3N3/c1-32-10-8-12-35(22-32)37-18-20-44-42-14-4-6-16-47(42)58(50(44)27-37)49-30-46(39-24-34(3)25-41(26-39)53(54,55)56)52(29-40(49)31-57)59-48-17-7-5-15-43(48)45-21-19-38(28-51(45)59)36-13-9-11-33(2)23-36/h4-30H,1-3H3. The van der Waals surface area contributed by atoms with Crippen LogP contribution in [0.3, 0.4) is 0 Å². The molecule has 0 aliphatic carbocycles. The highest BCUT2D eigenvalue weighted by atomic mass is 19.4. The monoisotopic (exact) mass is 771 g/mol. The van der Waals surface area contributed by atoms with Gasteiger partial charge in [-0.05, 0) is 103 Å². The minimum absolute atomic E-state index is 0.386. The van der Waals surface area contributed by atoms with Crippen LogP contribution >= 0.6 is 0 Å². The summed E-state index contributed by atoms with van der Waals surface area (Å²) in [5.41, 5.74) is 12.3. The molecule has 8 aromatic carbocycles. The molecule has 59 heavy (non-hydrogen) atoms. The number of alkyl halides is 3. The minimum atomic E-state index is -4.56. The first-order valence-corrected chi connectivity index (χ1v) is 19.5. The van der Waals surface area contributed by atoms with Crippen molar-refractivity contribution >= 4 is 43.6 Å². The maximum Gasteiger partial charge on any atom is 0.416 e. The molecule has 0 unspecified atom stereocenters. The zero-order valence-corrected chi connectivity index (χ0v) is 32.6. The summed E-state index contributed by atoms with van der Waals surface area (Å²) in [7, 11) is 0. The predicted octanol–water partition coefficient (Wildman–Crippen LogP) is 14.7. The van der Waals surface area contributed by atoms with E-state index in [9.17, 15) is 18.4 Å². The summed E-state index contributed by atoms with van der Waals surface area (Å²) in [5.74, 6) is 0. The molecule has 0 atom stereocenters. The van der Waals surface area contributed by atoms with Crippen molar-refractivity contribution in [2.45, 2.75) is 26.9 Å². The van der Waals surface area contributed by atoms with Gasteiger partial charge in [-0.3, -0.25) is 0 Å². The fourth-order valence-electron chi connectivity index (χ4n) is 8.84. The number of fused-ring (bicyclic) bond motifs is 6. The van der Waals surface area contributed by atoms with E-state index in [1.165, 1.54) is 12.1 Å². The van der Waals surface area contributed by atoms with Gasteiger partial charge in [0.2, 0.25) is 0 Å². The summed E-state index contributed by atoms with van der Waals surface area (Å²) >= 11 is 0. The Labute approximate surface area is 339 Å². The van der Waals surface area contributed by atoms with Gasteiger partial charge in [0.15, 0.2) is 0 Å². The van der Waals surface area contributed by atoms with Crippen molar-refractivity contribution in [1.29, 1.82) is 5.26 Å². The first-order chi connectivity index (χ1) is 28.6. The average molecular weight is 772 g/mol. The SMILES string of the molecule is Cc1cccc(-c2ccc3c4ccccc4n(-c4cc(-c5cc(C)cc(C(F)(F)F)c5)c(-n5c6ccccc6c6ccc(-c7cccc(C)c7)cc65)cc4C#N)c3c2)c1. The highest BCUT2D eigenvalue weighted by Gasteiger charge is 2.32. The Kier molecular flexibility index (Phi) is 8.33. The Morgan fingerprint density at radius 2 is 0.915 bits per heavy atom. The van der Waals surface area contributed by atoms with Gasteiger partial charge in [-0.25, -0.2) is 0 Å². The van der Waals surface area contributed by atoms with E-state index in [4.69, 9.17) is 0 Å². The molecule has 0 saturated carbocycles. The van der Waals surface area contributed by atoms with Crippen molar-refractivity contribution in [3.8, 4) is 50.8 Å². The van der Waals surface area contributed by atoms with Crippen molar-refractivity contribution < 1.29 is 13.2 Å². The fourth-order valence-corrected chi connectivity index (χ4v) is 8.84. The summed E-state index contributed by atoms with van der Waals surface area (Å²) in [6.45, 7) is 5.82. The highest BCUT2D eigenvalue weighted by Crippen LogP contribution is 2.43. The lowest BCUT2D eigenvalue weighted by atomic mass is 9.95. The van der Waals surface area contributed by atoms with E-state index in [1.807, 2.05) is 60.7 Å². The smallest absolute Gasteiger partial charge is 0.309 e. The topological polar surface area (TPSA) is 33.6 Å². The van der Waals surface area contributed by atoms with Crippen LogP contribution in [0.1, 0.15) is 27.8 Å². The Hall–Kier alpha value is -7.36. The molecule has 10 rings (SSSR count). The Morgan fingerprint density at radius 1 is 0.424 bits per heavy atom. The first-order valence-electron chi connectivity index (χ1n) is 19.5. The van der Waals surface area contributed by atoms with Crippen LogP contribution < -0.4 is 0 Å². The second kappa shape index (κ2) is 13.6. The number of nitriles is 1. The number of hydrogen-bond acceptors (Lipinski definition) is 1. The van der Waals surface area contributed by atoms with Crippen LogP contribution in [-0.2, 0) is 6.18 Å². The van der Waals surface area contributed by atoms with E-state index >= 15 is 0 Å². The zero-order chi connectivity index (χ0) is 40.6. The molecule has 0 N–H and O–H groups in total. The number of para-hydroxylation sites is 2. The van der Waals surface area contributed by atoms with Gasteiger partial charge < -0.3 is 9.13 Å². The van der Waals surface area contributed by atoms with Gasteiger partial charge in [0.25, 0.3) is 0 Å². The molecule has 0 aliphatic rings. The molecule has 10 aromatic rings. The van der Waals surface area contributed by atoms with E-state index in [-0.39, 0.29) is 0 Å². The molecule has 2 heterocycles. The lowest BCUT2D eigenvalue weighted by Gasteiger charge is -2.20. The second-order valence-electron chi connectivity index (χ2n) is 15.5. The third-order valence-corrected chi connectivity index (χ3v) is 11.5. The first kappa shape index (κ1) is 36.0. The molecule has 6 heteroatoms. The van der Waals surface area contributed by atoms with Gasteiger partial charge in [0.05, 0.1) is 44.6 Å². The van der Waals surface area contributed by atoms with E-state index in [0.717, 1.165) is 77.0 Å². The Morgan fingerprint density at radius 3 is 1.44 bits per heavy atom. The summed E-state index contributed by atoms with van der Waals surface area (Å²) in [5, 5.41) is 15.1. The number of aromatic nitrogens is 2. The third kappa shape index (κ3) is 6.06. The molecule has 0 aliphatic heterocycles. The maximum absolute atomic E-state index is 14.6. The second-order valence-corrected chi connectivity index (χ2v) is 15.5. The lowest BCUT2D eigenvalue weighted by Crippen LogP contribution is -2.07. The van der Waals surface area contributed by atoms with Gasteiger partial charge in [-0.1, -0.05) is 126 Å². The van der Waals surface area contributed by atoms with Crippen LogP contribution in [0.25, 0.3) is 88.4 Å². The molecule has 0 bridgehead atoms. The van der Waals surface area contributed by atoms with Gasteiger partial charge in [-0.15, -0.1) is 0 Å². The van der Waals surface area contributed by atoms with Gasteiger partial charge in [0.1, 0.15) is 6.07 Å². The Bertz CT molecular complexity index is 3370. The maximum atomic E-state index is 14.6. The van der Waals surface area contributed by atoms with Crippen LogP contribution in [-0.4, -0.2) is 9.13 Å². The van der Waals surface area contributed by atoms with Gasteiger partial charge in [-0.2, -0.15) is 18.4 Å². The predicted molar refractivity (Wildman–Crippen MR) is 235 cm³/mol. The molecule has 0 radical (unpaired) electrons. The van der Waals surface area contributed by atoms with Crippen LogP contribution in [0, 0.1) is 32.1 Å². The number of halogens is 3. The summed E-state index contributed by atoms with van der Waals surface area (Å²) in [4.78, 5) is 0. The van der Waals surface area contributed by atoms with Crippen LogP contribution in [0.15, 0.2) is 164 Å².